The first-order valence-corrected chi connectivity index (χ1v) is 32.8. The molecule has 1 fully saturated rings. The summed E-state index contributed by atoms with van der Waals surface area (Å²) in [5.74, 6) is -7.92. The highest BCUT2D eigenvalue weighted by molar-refractivity contribution is 7.47. The Balaban J connectivity index is 2.78. The van der Waals surface area contributed by atoms with Gasteiger partial charge < -0.3 is 66.7 Å². The maximum Gasteiger partial charge on any atom is 0.472 e. The predicted molar refractivity (Wildman–Crippen MR) is 319 cm³/mol. The summed E-state index contributed by atoms with van der Waals surface area (Å²) >= 11 is 0. The van der Waals surface area contributed by atoms with Crippen molar-refractivity contribution in [1.82, 2.24) is 26.6 Å². The van der Waals surface area contributed by atoms with Crippen LogP contribution in [0.25, 0.3) is 0 Å². The summed E-state index contributed by atoms with van der Waals surface area (Å²) in [7, 11) is -5.01. The number of unbranched alkanes of at least 4 members (excludes halogenated alkanes) is 24. The molecule has 0 bridgehead atoms. The van der Waals surface area contributed by atoms with E-state index in [1.165, 1.54) is 110 Å². The fourth-order valence-electron chi connectivity index (χ4n) is 9.11. The zero-order chi connectivity index (χ0) is 67.5. The van der Waals surface area contributed by atoms with Crippen molar-refractivity contribution < 1.29 is 102 Å². The van der Waals surface area contributed by atoms with Gasteiger partial charge in [0.25, 0.3) is 5.91 Å². The number of hydrogen-bond donors (Lipinski definition) is 10. The predicted octanol–water partition coefficient (Wildman–Crippen LogP) is 5.69. The van der Waals surface area contributed by atoms with E-state index in [2.05, 4.69) is 29.8 Å². The Labute approximate surface area is 515 Å². The van der Waals surface area contributed by atoms with Crippen molar-refractivity contribution in [2.75, 3.05) is 33.0 Å². The monoisotopic (exact) mass is 1260 g/mol. The standard InChI is InChI=1S/C59H109N6O20P/c1-7-9-11-13-15-17-19-21-23-25-27-29-31-33-50(69)79-40-46(82-51(70)34-32-30-28-26-24-22-20-18-16-14-12-10-8-2)41-81-86(77,78)80-38-37-61-56(73)42(3)62-49(68)36-35-47(55(60)72)65-57(74)43(4)63-58(75)44(5)84-85-54-52(64-45(6)67)59(76)83-48(39-66)53(54)71/h42-44,46-48,52-54,59,66,71,76H,7-41H2,1-6H3,(H2,60,72)(H,61,73)(H,62,68)(H,63,75)(H,64,67)(H,65,74)(H,77,78)/t42-,43-,44-,46+,47+,48+,52+,53+,54+,59?/m0/s1/i3D3,42D. The molecule has 500 valence electrons. The number of phosphoric ester groups is 1. The van der Waals surface area contributed by atoms with E-state index in [0.717, 1.165) is 65.2 Å². The normalized spacial score (nSPS) is 20.4. The van der Waals surface area contributed by atoms with Gasteiger partial charge in [0.1, 0.15) is 49.1 Å². The van der Waals surface area contributed by atoms with Gasteiger partial charge in [0.15, 0.2) is 18.5 Å². The quantitative estimate of drug-likeness (QED) is 0.0115. The molecule has 0 radical (unpaired) electrons. The molecule has 1 heterocycles. The second kappa shape index (κ2) is 48.5. The Hall–Kier alpha value is -4.37. The maximum atomic E-state index is 13.2. The largest absolute Gasteiger partial charge is 0.472 e. The van der Waals surface area contributed by atoms with Crippen molar-refractivity contribution >= 4 is 55.2 Å². The van der Waals surface area contributed by atoms with Gasteiger partial charge in [-0.2, -0.15) is 0 Å². The van der Waals surface area contributed by atoms with E-state index in [0.29, 0.717) is 12.8 Å². The number of amides is 6. The molecule has 86 heavy (non-hydrogen) atoms. The third kappa shape index (κ3) is 38.8. The van der Waals surface area contributed by atoms with Crippen molar-refractivity contribution in [3.05, 3.63) is 0 Å². The zero-order valence-corrected chi connectivity index (χ0v) is 52.7. The van der Waals surface area contributed by atoms with E-state index in [9.17, 15) is 63.1 Å². The highest BCUT2D eigenvalue weighted by Gasteiger charge is 2.47. The van der Waals surface area contributed by atoms with Crippen LogP contribution in [0.3, 0.4) is 0 Å². The van der Waals surface area contributed by atoms with Gasteiger partial charge in [0.05, 0.1) is 21.2 Å². The van der Waals surface area contributed by atoms with Gasteiger partial charge in [-0.3, -0.25) is 47.4 Å². The molecule has 1 aliphatic rings. The molecule has 0 spiro atoms. The number of nitrogens with one attached hydrogen (secondary N) is 5. The first-order chi connectivity index (χ1) is 42.6. The molecule has 0 aromatic carbocycles. The lowest BCUT2D eigenvalue weighted by Gasteiger charge is -2.41. The summed E-state index contributed by atoms with van der Waals surface area (Å²) in [6.07, 6.45) is 18.7. The molecule has 0 aromatic heterocycles. The molecular weight excluding hydrogens is 1140 g/mol. The molecule has 27 heteroatoms. The first kappa shape index (κ1) is 72.4. The SMILES string of the molecule is [2H]C([2H])([2H])[C@]([2H])(NC(=O)CC[C@@H](NC(=O)[C@H](C)NC(=O)[C@H](C)OO[C@H]1[C@H](O)[C@@H](CO)OC(O)[C@@H]1NC(C)=O)C(N)=O)C(=O)NCCOP(=O)(O)OC[C@@H](COC(=O)CCCCCCCCCCCCCCC)OC(=O)CCCCCCCCCCCCCCC. The van der Waals surface area contributed by atoms with E-state index in [1.807, 2.05) is 5.32 Å². The van der Waals surface area contributed by atoms with Crippen molar-refractivity contribution in [1.29, 1.82) is 0 Å². The number of hydrogen-bond acceptors (Lipinski definition) is 19. The van der Waals surface area contributed by atoms with E-state index < -0.39 is 169 Å². The van der Waals surface area contributed by atoms with Crippen LogP contribution in [-0.4, -0.2) is 162 Å². The number of carbonyl (C=O) groups excluding carboxylic acids is 8. The molecule has 26 nitrogen and oxygen atoms in total. The van der Waals surface area contributed by atoms with E-state index in [1.54, 1.807) is 5.32 Å². The van der Waals surface area contributed by atoms with Crippen LogP contribution in [-0.2, 0) is 76.0 Å². The van der Waals surface area contributed by atoms with E-state index in [4.69, 9.17) is 44.2 Å². The van der Waals surface area contributed by atoms with Gasteiger partial charge >= 0.3 is 19.8 Å². The smallest absolute Gasteiger partial charge is 0.462 e. The summed E-state index contributed by atoms with van der Waals surface area (Å²) < 4.78 is 71.2. The molecule has 11 atom stereocenters. The number of primary amides is 1. The maximum absolute atomic E-state index is 13.2. The molecular formula is C59H109N6O20P. The summed E-state index contributed by atoms with van der Waals surface area (Å²) in [5, 5.41) is 41.0. The van der Waals surface area contributed by atoms with E-state index in [-0.39, 0.29) is 12.8 Å². The minimum Gasteiger partial charge on any atom is -0.462 e. The summed E-state index contributed by atoms with van der Waals surface area (Å²) in [5.41, 5.74) is 5.44. The van der Waals surface area contributed by atoms with Crippen LogP contribution < -0.4 is 32.3 Å². The van der Waals surface area contributed by atoms with Crippen LogP contribution in [0.15, 0.2) is 0 Å². The highest BCUT2D eigenvalue weighted by Crippen LogP contribution is 2.43. The Morgan fingerprint density at radius 2 is 1.19 bits per heavy atom. The number of aliphatic hydroxyl groups excluding tert-OH is 3. The molecule has 6 amide bonds. The molecule has 1 aliphatic heterocycles. The fraction of sp³-hybridized carbons (Fsp3) is 0.864. The van der Waals surface area contributed by atoms with Crippen molar-refractivity contribution in [3.8, 4) is 0 Å². The first-order valence-electron chi connectivity index (χ1n) is 33.3. The van der Waals surface area contributed by atoms with Gasteiger partial charge in [-0.15, -0.1) is 0 Å². The van der Waals surface area contributed by atoms with Gasteiger partial charge in [-0.05, 0) is 40.0 Å². The topological polar surface area (TPSA) is 385 Å². The van der Waals surface area contributed by atoms with Gasteiger partial charge in [0, 0.05) is 36.8 Å². The zero-order valence-electron chi connectivity index (χ0n) is 55.8. The second-order valence-corrected chi connectivity index (χ2v) is 23.5. The molecule has 1 saturated heterocycles. The molecule has 0 aliphatic carbocycles. The Bertz CT molecular complexity index is 2140. The van der Waals surface area contributed by atoms with E-state index >= 15 is 0 Å². The minimum absolute atomic E-state index is 0.0486. The third-order valence-electron chi connectivity index (χ3n) is 14.2. The number of ether oxygens (including phenoxy) is 3. The number of phosphoric acid groups is 1. The fourth-order valence-corrected chi connectivity index (χ4v) is 9.86. The lowest BCUT2D eigenvalue weighted by atomic mass is 9.97. The average molecular weight is 1260 g/mol. The lowest BCUT2D eigenvalue weighted by molar-refractivity contribution is -0.386. The van der Waals surface area contributed by atoms with Gasteiger partial charge in [-0.1, -0.05) is 168 Å². The summed E-state index contributed by atoms with van der Waals surface area (Å²) in [6, 6.07) is -7.86. The highest BCUT2D eigenvalue weighted by atomic mass is 31.2. The van der Waals surface area contributed by atoms with Gasteiger partial charge in [0.2, 0.25) is 29.5 Å². The van der Waals surface area contributed by atoms with Crippen LogP contribution in [0.2, 0.25) is 0 Å². The molecule has 1 rings (SSSR count). The molecule has 0 aromatic rings. The number of aliphatic hydroxyl groups is 3. The Morgan fingerprint density at radius 3 is 1.67 bits per heavy atom. The lowest BCUT2D eigenvalue weighted by Crippen LogP contribution is -2.65. The number of rotatable bonds is 53. The molecule has 2 unspecified atom stereocenters. The minimum atomic E-state index is -5.01. The van der Waals surface area contributed by atoms with Crippen LogP contribution in [0.1, 0.15) is 240 Å². The van der Waals surface area contributed by atoms with Crippen molar-refractivity contribution in [3.63, 3.8) is 0 Å². The van der Waals surface area contributed by atoms with Crippen molar-refractivity contribution in [2.45, 2.75) is 295 Å². The van der Waals surface area contributed by atoms with Crippen LogP contribution in [0.4, 0.5) is 0 Å². The number of esters is 2. The van der Waals surface area contributed by atoms with Crippen LogP contribution in [0.5, 0.6) is 0 Å². The Morgan fingerprint density at radius 1 is 0.674 bits per heavy atom. The molecule has 11 N–H and O–H groups in total. The Kier molecular flexibility index (Phi) is 40.9. The van der Waals surface area contributed by atoms with Crippen LogP contribution in [0, 0.1) is 0 Å². The number of carbonyl (C=O) groups is 8. The summed E-state index contributed by atoms with van der Waals surface area (Å²) in [6.45, 7) is 0.812. The average Bonchev–Trinajstić information content (AvgIpc) is 0.998. The number of nitrogens with two attached hydrogens (primary N) is 1. The van der Waals surface area contributed by atoms with Crippen LogP contribution >= 0.6 is 7.82 Å². The van der Waals surface area contributed by atoms with Gasteiger partial charge in [-0.25, -0.2) is 14.3 Å². The second-order valence-electron chi connectivity index (χ2n) is 22.1. The third-order valence-corrected chi connectivity index (χ3v) is 15.2. The summed E-state index contributed by atoms with van der Waals surface area (Å²) in [4.78, 5) is 123. The van der Waals surface area contributed by atoms with Crippen molar-refractivity contribution in [2.24, 2.45) is 5.73 Å². The molecule has 0 saturated carbocycles.